The van der Waals surface area contributed by atoms with Crippen molar-refractivity contribution in [1.29, 1.82) is 0 Å². The van der Waals surface area contributed by atoms with Crippen molar-refractivity contribution in [2.24, 2.45) is 5.73 Å². The van der Waals surface area contributed by atoms with Gasteiger partial charge in [0.25, 0.3) is 0 Å². The fourth-order valence-corrected chi connectivity index (χ4v) is 2.11. The Morgan fingerprint density at radius 2 is 1.70 bits per heavy atom. The third kappa shape index (κ3) is 5.09. The van der Waals surface area contributed by atoms with Gasteiger partial charge >= 0.3 is 0 Å². The van der Waals surface area contributed by atoms with Crippen LogP contribution in [0.1, 0.15) is 12.0 Å². The average molecular weight is 282 g/mol. The molecule has 1 rings (SSSR count). The highest BCUT2D eigenvalue weighted by Gasteiger charge is 2.18. The fourth-order valence-electron chi connectivity index (χ4n) is 2.11. The van der Waals surface area contributed by atoms with Crippen molar-refractivity contribution in [3.63, 3.8) is 0 Å². The van der Waals surface area contributed by atoms with Crippen molar-refractivity contribution in [2.75, 3.05) is 34.9 Å². The van der Waals surface area contributed by atoms with Crippen LogP contribution in [0.25, 0.3) is 0 Å². The maximum Gasteiger partial charge on any atom is 0.158 e. The summed E-state index contributed by atoms with van der Waals surface area (Å²) in [6, 6.07) is 8.27. The molecule has 0 bridgehead atoms. The van der Waals surface area contributed by atoms with Crippen LogP contribution >= 0.6 is 0 Å². The Morgan fingerprint density at radius 1 is 1.10 bits per heavy atom. The molecule has 0 fully saturated rings. The molecule has 0 aliphatic heterocycles. The van der Waals surface area contributed by atoms with Gasteiger partial charge in [-0.25, -0.2) is 0 Å². The molecule has 114 valence electrons. The lowest BCUT2D eigenvalue weighted by atomic mass is 10.1. The Hall–Kier alpha value is -1.14. The van der Waals surface area contributed by atoms with Gasteiger partial charge in [-0.1, -0.05) is 12.1 Å². The molecule has 20 heavy (non-hydrogen) atoms. The van der Waals surface area contributed by atoms with Gasteiger partial charge in [0.2, 0.25) is 0 Å². The lowest BCUT2D eigenvalue weighted by molar-refractivity contribution is -0.116. The van der Waals surface area contributed by atoms with Gasteiger partial charge < -0.3 is 19.9 Å². The number of benzene rings is 1. The molecule has 5 heteroatoms. The molecule has 0 aliphatic carbocycles. The highest BCUT2D eigenvalue weighted by molar-refractivity contribution is 5.27. The first kappa shape index (κ1) is 16.9. The molecular weight excluding hydrogens is 256 g/mol. The van der Waals surface area contributed by atoms with Gasteiger partial charge in [-0.3, -0.25) is 4.90 Å². The lowest BCUT2D eigenvalue weighted by Gasteiger charge is -2.29. The number of nitrogens with two attached hydrogens (primary N) is 1. The Kier molecular flexibility index (Phi) is 7.54. The summed E-state index contributed by atoms with van der Waals surface area (Å²) in [6.45, 7) is 1.39. The van der Waals surface area contributed by atoms with Crippen LogP contribution in [-0.2, 0) is 16.0 Å². The van der Waals surface area contributed by atoms with Gasteiger partial charge in [0.1, 0.15) is 5.75 Å². The van der Waals surface area contributed by atoms with Crippen LogP contribution in [0.4, 0.5) is 0 Å². The van der Waals surface area contributed by atoms with E-state index in [1.807, 2.05) is 12.1 Å². The molecule has 0 aliphatic rings. The van der Waals surface area contributed by atoms with Gasteiger partial charge in [0, 0.05) is 39.8 Å². The standard InChI is InChI=1S/C15H26N2O3/c1-17(13(10-16)9-15(19-3)20-4)11-12-5-7-14(18-2)8-6-12/h5-8,13,15H,9-11,16H2,1-4H3. The van der Waals surface area contributed by atoms with Crippen molar-refractivity contribution in [2.45, 2.75) is 25.3 Å². The van der Waals surface area contributed by atoms with Crippen molar-refractivity contribution in [1.82, 2.24) is 4.90 Å². The van der Waals surface area contributed by atoms with Crippen molar-refractivity contribution in [3.8, 4) is 5.75 Å². The zero-order valence-electron chi connectivity index (χ0n) is 12.8. The quantitative estimate of drug-likeness (QED) is 0.695. The van der Waals surface area contributed by atoms with Gasteiger partial charge in [0.15, 0.2) is 6.29 Å². The van der Waals surface area contributed by atoms with Crippen molar-refractivity contribution >= 4 is 0 Å². The topological polar surface area (TPSA) is 57.0 Å². The Morgan fingerprint density at radius 3 is 2.15 bits per heavy atom. The van der Waals surface area contributed by atoms with Crippen molar-refractivity contribution in [3.05, 3.63) is 29.8 Å². The van der Waals surface area contributed by atoms with E-state index in [0.717, 1.165) is 18.7 Å². The molecule has 1 atom stereocenters. The van der Waals surface area contributed by atoms with E-state index in [-0.39, 0.29) is 12.3 Å². The Bertz CT molecular complexity index is 366. The third-order valence-corrected chi connectivity index (χ3v) is 3.48. The van der Waals surface area contributed by atoms with Crippen LogP contribution in [0.3, 0.4) is 0 Å². The monoisotopic (exact) mass is 282 g/mol. The van der Waals surface area contributed by atoms with E-state index < -0.39 is 0 Å². The number of hydrogen-bond acceptors (Lipinski definition) is 5. The van der Waals surface area contributed by atoms with Gasteiger partial charge in [-0.2, -0.15) is 0 Å². The first-order valence-electron chi connectivity index (χ1n) is 6.73. The van der Waals surface area contributed by atoms with Crippen LogP contribution in [0, 0.1) is 0 Å². The van der Waals surface area contributed by atoms with Crippen LogP contribution in [-0.4, -0.2) is 52.2 Å². The summed E-state index contributed by atoms with van der Waals surface area (Å²) >= 11 is 0. The summed E-state index contributed by atoms with van der Waals surface area (Å²) in [7, 11) is 7.02. The molecule has 1 unspecified atom stereocenters. The van der Waals surface area contributed by atoms with Crippen LogP contribution in [0.15, 0.2) is 24.3 Å². The van der Waals surface area contributed by atoms with Crippen molar-refractivity contribution < 1.29 is 14.2 Å². The van der Waals surface area contributed by atoms with Gasteiger partial charge in [-0.15, -0.1) is 0 Å². The highest BCUT2D eigenvalue weighted by atomic mass is 16.7. The SMILES string of the molecule is COc1ccc(CN(C)C(CN)CC(OC)OC)cc1. The third-order valence-electron chi connectivity index (χ3n) is 3.48. The summed E-state index contributed by atoms with van der Waals surface area (Å²) in [6.07, 6.45) is 0.526. The van der Waals surface area contributed by atoms with Crippen LogP contribution in [0.5, 0.6) is 5.75 Å². The molecule has 0 aromatic heterocycles. The second-order valence-corrected chi connectivity index (χ2v) is 4.79. The van der Waals surface area contributed by atoms with E-state index in [0.29, 0.717) is 6.54 Å². The summed E-state index contributed by atoms with van der Waals surface area (Å²) < 4.78 is 15.6. The molecule has 0 spiro atoms. The molecule has 5 nitrogen and oxygen atoms in total. The molecule has 2 N–H and O–H groups in total. The molecular formula is C15H26N2O3. The van der Waals surface area contributed by atoms with E-state index in [9.17, 15) is 0 Å². The molecule has 0 heterocycles. The highest BCUT2D eigenvalue weighted by Crippen LogP contribution is 2.15. The molecule has 0 saturated carbocycles. The first-order chi connectivity index (χ1) is 9.64. The molecule has 1 aromatic carbocycles. The molecule has 0 saturated heterocycles. The molecule has 0 radical (unpaired) electrons. The number of likely N-dealkylation sites (N-methyl/N-ethyl adjacent to an activating group) is 1. The van der Waals surface area contributed by atoms with E-state index in [1.165, 1.54) is 5.56 Å². The van der Waals surface area contributed by atoms with Crippen LogP contribution < -0.4 is 10.5 Å². The van der Waals surface area contributed by atoms with Gasteiger partial charge in [-0.05, 0) is 24.7 Å². The van der Waals surface area contributed by atoms with E-state index >= 15 is 0 Å². The fraction of sp³-hybridized carbons (Fsp3) is 0.600. The number of ether oxygens (including phenoxy) is 3. The lowest BCUT2D eigenvalue weighted by Crippen LogP contribution is -2.40. The minimum Gasteiger partial charge on any atom is -0.497 e. The number of hydrogen-bond donors (Lipinski definition) is 1. The van der Waals surface area contributed by atoms with Gasteiger partial charge in [0.05, 0.1) is 7.11 Å². The predicted molar refractivity (Wildman–Crippen MR) is 79.7 cm³/mol. The minimum absolute atomic E-state index is 0.210. The Balaban J connectivity index is 2.59. The predicted octanol–water partition coefficient (Wildman–Crippen LogP) is 1.46. The summed E-state index contributed by atoms with van der Waals surface area (Å²) in [5, 5.41) is 0. The second kappa shape index (κ2) is 8.92. The summed E-state index contributed by atoms with van der Waals surface area (Å²) in [5.74, 6) is 0.866. The van der Waals surface area contributed by atoms with E-state index in [4.69, 9.17) is 19.9 Å². The summed E-state index contributed by atoms with van der Waals surface area (Å²) in [4.78, 5) is 2.22. The molecule has 1 aromatic rings. The number of rotatable bonds is 9. The minimum atomic E-state index is -0.220. The normalized spacial score (nSPS) is 12.9. The van der Waals surface area contributed by atoms with E-state index in [1.54, 1.807) is 21.3 Å². The smallest absolute Gasteiger partial charge is 0.158 e. The maximum atomic E-state index is 5.86. The number of methoxy groups -OCH3 is 3. The average Bonchev–Trinajstić information content (AvgIpc) is 2.49. The zero-order chi connectivity index (χ0) is 15.0. The second-order valence-electron chi connectivity index (χ2n) is 4.79. The van der Waals surface area contributed by atoms with Crippen LogP contribution in [0.2, 0.25) is 0 Å². The first-order valence-corrected chi connectivity index (χ1v) is 6.73. The largest absolute Gasteiger partial charge is 0.497 e. The van der Waals surface area contributed by atoms with E-state index in [2.05, 4.69) is 24.1 Å². The zero-order valence-corrected chi connectivity index (χ0v) is 12.8. The summed E-state index contributed by atoms with van der Waals surface area (Å²) in [5.41, 5.74) is 7.08. The molecule has 0 amide bonds. The Labute approximate surface area is 121 Å². The number of nitrogens with zero attached hydrogens (tertiary/aromatic N) is 1. The maximum absolute atomic E-state index is 5.86.